The molecule has 0 spiro atoms. The number of hydrogen-bond donors (Lipinski definition) is 1. The van der Waals surface area contributed by atoms with E-state index in [1.807, 2.05) is 0 Å². The fraction of sp³-hybridized carbons (Fsp3) is 0.0769. The average Bonchev–Trinajstić information content (AvgIpc) is 2.46. The molecule has 1 N–H and O–H groups in total. The molecule has 22 heavy (non-hydrogen) atoms. The first-order valence-electron chi connectivity index (χ1n) is 5.72. The van der Waals surface area contributed by atoms with E-state index in [9.17, 15) is 28.4 Å². The molecule has 116 valence electrons. The SMILES string of the molecule is COc1ccc(F)c(F)c1Oc1cc([N+](=O)[O-])c(F)cc1O. The van der Waals surface area contributed by atoms with E-state index in [2.05, 4.69) is 0 Å². The molecule has 0 saturated heterocycles. The number of ether oxygens (including phenoxy) is 2. The molecule has 0 atom stereocenters. The van der Waals surface area contributed by atoms with Crippen LogP contribution >= 0.6 is 0 Å². The lowest BCUT2D eigenvalue weighted by Gasteiger charge is -2.12. The van der Waals surface area contributed by atoms with Crippen LogP contribution in [-0.2, 0) is 0 Å². The molecule has 0 bridgehead atoms. The van der Waals surface area contributed by atoms with Crippen molar-refractivity contribution in [3.8, 4) is 23.0 Å². The smallest absolute Gasteiger partial charge is 0.308 e. The van der Waals surface area contributed by atoms with Crippen molar-refractivity contribution in [1.29, 1.82) is 0 Å². The van der Waals surface area contributed by atoms with Crippen molar-refractivity contribution < 1.29 is 32.7 Å². The predicted molar refractivity (Wildman–Crippen MR) is 67.7 cm³/mol. The second-order valence-corrected chi connectivity index (χ2v) is 4.02. The van der Waals surface area contributed by atoms with E-state index in [-0.39, 0.29) is 5.75 Å². The zero-order valence-electron chi connectivity index (χ0n) is 11.0. The fourth-order valence-corrected chi connectivity index (χ4v) is 1.63. The van der Waals surface area contributed by atoms with Crippen LogP contribution in [0.15, 0.2) is 24.3 Å². The summed E-state index contributed by atoms with van der Waals surface area (Å²) in [5.74, 6) is -6.40. The van der Waals surface area contributed by atoms with Crippen LogP contribution in [0.25, 0.3) is 0 Å². The summed E-state index contributed by atoms with van der Waals surface area (Å²) in [7, 11) is 1.16. The highest BCUT2D eigenvalue weighted by molar-refractivity contribution is 5.52. The molecular formula is C13H8F3NO5. The molecule has 0 unspecified atom stereocenters. The van der Waals surface area contributed by atoms with E-state index in [0.29, 0.717) is 12.1 Å². The first kappa shape index (κ1) is 15.4. The van der Waals surface area contributed by atoms with Crippen molar-refractivity contribution in [3.63, 3.8) is 0 Å². The third-order valence-electron chi connectivity index (χ3n) is 2.67. The summed E-state index contributed by atoms with van der Waals surface area (Å²) in [5.41, 5.74) is -0.997. The molecule has 6 nitrogen and oxygen atoms in total. The van der Waals surface area contributed by atoms with Gasteiger partial charge in [0, 0.05) is 6.07 Å². The minimum Gasteiger partial charge on any atom is -0.504 e. The van der Waals surface area contributed by atoms with Gasteiger partial charge in [-0.15, -0.1) is 0 Å². The molecule has 0 amide bonds. The Morgan fingerprint density at radius 3 is 2.41 bits per heavy atom. The number of phenolic OH excluding ortho intramolecular Hbond substituents is 1. The molecule has 2 aromatic rings. The van der Waals surface area contributed by atoms with Gasteiger partial charge in [-0.05, 0) is 12.1 Å². The lowest BCUT2D eigenvalue weighted by molar-refractivity contribution is -0.387. The fourth-order valence-electron chi connectivity index (χ4n) is 1.63. The number of methoxy groups -OCH3 is 1. The van der Waals surface area contributed by atoms with Gasteiger partial charge in [0.05, 0.1) is 18.1 Å². The highest BCUT2D eigenvalue weighted by atomic mass is 19.2. The summed E-state index contributed by atoms with van der Waals surface area (Å²) in [6, 6.07) is 2.82. The van der Waals surface area contributed by atoms with Gasteiger partial charge in [0.1, 0.15) is 0 Å². The zero-order chi connectivity index (χ0) is 16.4. The van der Waals surface area contributed by atoms with Gasteiger partial charge in [-0.3, -0.25) is 10.1 Å². The third kappa shape index (κ3) is 2.73. The molecule has 0 aliphatic carbocycles. The van der Waals surface area contributed by atoms with E-state index in [1.54, 1.807) is 0 Å². The summed E-state index contributed by atoms with van der Waals surface area (Å²) < 4.78 is 50.0. The van der Waals surface area contributed by atoms with E-state index in [0.717, 1.165) is 19.2 Å². The number of aromatic hydroxyl groups is 1. The van der Waals surface area contributed by atoms with Crippen molar-refractivity contribution in [1.82, 2.24) is 0 Å². The number of nitro groups is 1. The molecule has 2 aromatic carbocycles. The largest absolute Gasteiger partial charge is 0.504 e. The third-order valence-corrected chi connectivity index (χ3v) is 2.67. The summed E-state index contributed by atoms with van der Waals surface area (Å²) in [4.78, 5) is 9.60. The summed E-state index contributed by atoms with van der Waals surface area (Å²) in [5, 5.41) is 20.2. The van der Waals surface area contributed by atoms with Crippen molar-refractivity contribution in [2.45, 2.75) is 0 Å². The number of benzene rings is 2. The minimum absolute atomic E-state index is 0.217. The highest BCUT2D eigenvalue weighted by Crippen LogP contribution is 2.40. The molecule has 0 saturated carbocycles. The van der Waals surface area contributed by atoms with Crippen molar-refractivity contribution in [3.05, 3.63) is 51.8 Å². The second-order valence-electron chi connectivity index (χ2n) is 4.02. The number of nitrogens with zero attached hydrogens (tertiary/aromatic N) is 1. The maximum atomic E-state index is 13.7. The molecule has 0 radical (unpaired) electrons. The molecular weight excluding hydrogens is 307 g/mol. The van der Waals surface area contributed by atoms with E-state index in [4.69, 9.17) is 9.47 Å². The molecule has 2 rings (SSSR count). The number of halogens is 3. The van der Waals surface area contributed by atoms with Gasteiger partial charge in [-0.2, -0.15) is 8.78 Å². The van der Waals surface area contributed by atoms with Gasteiger partial charge >= 0.3 is 5.69 Å². The molecule has 0 aromatic heterocycles. The van der Waals surface area contributed by atoms with Gasteiger partial charge < -0.3 is 14.6 Å². The Kier molecular flexibility index (Phi) is 4.06. The Bertz CT molecular complexity index is 751. The van der Waals surface area contributed by atoms with E-state index >= 15 is 0 Å². The second kappa shape index (κ2) is 5.80. The predicted octanol–water partition coefficient (Wildman–Crippen LogP) is 3.52. The van der Waals surface area contributed by atoms with Crippen LogP contribution in [-0.4, -0.2) is 17.1 Å². The molecule has 9 heteroatoms. The van der Waals surface area contributed by atoms with Crippen LogP contribution < -0.4 is 9.47 Å². The summed E-state index contributed by atoms with van der Waals surface area (Å²) in [6.07, 6.45) is 0. The summed E-state index contributed by atoms with van der Waals surface area (Å²) >= 11 is 0. The monoisotopic (exact) mass is 315 g/mol. The number of hydrogen-bond acceptors (Lipinski definition) is 5. The van der Waals surface area contributed by atoms with Crippen molar-refractivity contribution in [2.24, 2.45) is 0 Å². The maximum absolute atomic E-state index is 13.7. The van der Waals surface area contributed by atoms with Gasteiger partial charge in [-0.25, -0.2) is 4.39 Å². The number of phenols is 1. The Morgan fingerprint density at radius 2 is 1.82 bits per heavy atom. The quantitative estimate of drug-likeness (QED) is 0.689. The van der Waals surface area contributed by atoms with Gasteiger partial charge in [0.2, 0.25) is 17.4 Å². The van der Waals surface area contributed by atoms with Crippen molar-refractivity contribution in [2.75, 3.05) is 7.11 Å². The summed E-state index contributed by atoms with van der Waals surface area (Å²) in [6.45, 7) is 0. The zero-order valence-corrected chi connectivity index (χ0v) is 11.0. The van der Waals surface area contributed by atoms with E-state index < -0.39 is 45.3 Å². The standard InChI is InChI=1S/C13H8F3NO5/c1-21-10-3-2-6(14)12(16)13(10)22-11-5-8(17(19)20)7(15)4-9(11)18/h2-5,18H,1H3. The molecule has 0 aliphatic rings. The lowest BCUT2D eigenvalue weighted by atomic mass is 10.2. The van der Waals surface area contributed by atoms with Gasteiger partial charge in [0.15, 0.2) is 23.1 Å². The van der Waals surface area contributed by atoms with Crippen LogP contribution in [0.3, 0.4) is 0 Å². The topological polar surface area (TPSA) is 81.8 Å². The van der Waals surface area contributed by atoms with Crippen molar-refractivity contribution >= 4 is 5.69 Å². The first-order chi connectivity index (χ1) is 10.3. The Balaban J connectivity index is 2.54. The highest BCUT2D eigenvalue weighted by Gasteiger charge is 2.23. The Morgan fingerprint density at radius 1 is 1.14 bits per heavy atom. The average molecular weight is 315 g/mol. The van der Waals surface area contributed by atoms with Gasteiger partial charge in [-0.1, -0.05) is 0 Å². The Labute approximate surface area is 121 Å². The van der Waals surface area contributed by atoms with Crippen LogP contribution in [0.5, 0.6) is 23.0 Å². The lowest BCUT2D eigenvalue weighted by Crippen LogP contribution is -1.98. The molecule has 0 aliphatic heterocycles. The van der Waals surface area contributed by atoms with Crippen LogP contribution in [0.4, 0.5) is 18.9 Å². The molecule has 0 heterocycles. The maximum Gasteiger partial charge on any atom is 0.308 e. The number of rotatable bonds is 4. The van der Waals surface area contributed by atoms with E-state index in [1.165, 1.54) is 0 Å². The normalized spacial score (nSPS) is 10.4. The Hall–Kier alpha value is -2.97. The van der Waals surface area contributed by atoms with Crippen LogP contribution in [0.1, 0.15) is 0 Å². The minimum atomic E-state index is -1.43. The van der Waals surface area contributed by atoms with Crippen LogP contribution in [0, 0.1) is 27.6 Å². The first-order valence-corrected chi connectivity index (χ1v) is 5.72. The van der Waals surface area contributed by atoms with Crippen LogP contribution in [0.2, 0.25) is 0 Å². The van der Waals surface area contributed by atoms with Gasteiger partial charge in [0.25, 0.3) is 0 Å². The molecule has 0 fully saturated rings. The number of nitro benzene ring substituents is 1.